The first-order valence-corrected chi connectivity index (χ1v) is 6.87. The Bertz CT molecular complexity index is 746. The summed E-state index contributed by atoms with van der Waals surface area (Å²) in [5.41, 5.74) is 0.887. The van der Waals surface area contributed by atoms with Gasteiger partial charge >= 0.3 is 0 Å². The highest BCUT2D eigenvalue weighted by molar-refractivity contribution is 5.44. The zero-order valence-electron chi connectivity index (χ0n) is 12.2. The molecule has 8 nitrogen and oxygen atoms in total. The molecule has 0 fully saturated rings. The first kappa shape index (κ1) is 13.5. The summed E-state index contributed by atoms with van der Waals surface area (Å²) in [6, 6.07) is 1.93. The molecule has 3 rings (SSSR count). The molecule has 110 valence electrons. The number of rotatable bonds is 5. The quantitative estimate of drug-likeness (QED) is 0.761. The minimum absolute atomic E-state index is 0.271. The highest BCUT2D eigenvalue weighted by Crippen LogP contribution is 2.12. The van der Waals surface area contributed by atoms with Crippen LogP contribution in [0.2, 0.25) is 0 Å². The molecule has 0 aliphatic rings. The van der Waals surface area contributed by atoms with E-state index in [4.69, 9.17) is 4.52 Å². The fourth-order valence-corrected chi connectivity index (χ4v) is 1.96. The lowest BCUT2D eigenvalue weighted by atomic mass is 10.2. The summed E-state index contributed by atoms with van der Waals surface area (Å²) in [4.78, 5) is 12.7. The molecule has 3 aromatic heterocycles. The van der Waals surface area contributed by atoms with E-state index < -0.39 is 0 Å². The first-order chi connectivity index (χ1) is 10.1. The van der Waals surface area contributed by atoms with E-state index in [-0.39, 0.29) is 5.92 Å². The molecule has 3 heterocycles. The maximum absolute atomic E-state index is 5.21. The third-order valence-corrected chi connectivity index (χ3v) is 3.03. The summed E-state index contributed by atoms with van der Waals surface area (Å²) in [6.45, 7) is 6.66. The molecule has 1 N–H and O–H groups in total. The summed E-state index contributed by atoms with van der Waals surface area (Å²) < 4.78 is 6.88. The Morgan fingerprint density at radius 1 is 1.33 bits per heavy atom. The van der Waals surface area contributed by atoms with Crippen molar-refractivity contribution in [2.75, 3.05) is 11.9 Å². The van der Waals surface area contributed by atoms with Gasteiger partial charge in [-0.2, -0.15) is 19.6 Å². The SMILES string of the molecule is Cc1cc(NCCc2nc(C(C)C)no2)n2ncnc2n1. The molecular weight excluding hydrogens is 270 g/mol. The molecule has 0 spiro atoms. The number of nitrogens with one attached hydrogen (secondary N) is 1. The molecule has 3 aromatic rings. The second-order valence-corrected chi connectivity index (χ2v) is 5.13. The molecule has 0 radical (unpaired) electrons. The highest BCUT2D eigenvalue weighted by Gasteiger charge is 2.10. The van der Waals surface area contributed by atoms with Gasteiger partial charge in [-0.05, 0) is 6.92 Å². The Morgan fingerprint density at radius 2 is 2.19 bits per heavy atom. The van der Waals surface area contributed by atoms with Crippen molar-refractivity contribution in [1.29, 1.82) is 0 Å². The third kappa shape index (κ3) is 2.83. The van der Waals surface area contributed by atoms with Crippen LogP contribution in [0.5, 0.6) is 0 Å². The van der Waals surface area contributed by atoms with Crippen molar-refractivity contribution in [3.05, 3.63) is 29.8 Å². The summed E-state index contributed by atoms with van der Waals surface area (Å²) in [7, 11) is 0. The molecule has 0 amide bonds. The topological polar surface area (TPSA) is 94.0 Å². The fraction of sp³-hybridized carbons (Fsp3) is 0.462. The van der Waals surface area contributed by atoms with E-state index in [0.717, 1.165) is 17.3 Å². The Kier molecular flexibility index (Phi) is 3.51. The Hall–Kier alpha value is -2.51. The third-order valence-electron chi connectivity index (χ3n) is 3.03. The second kappa shape index (κ2) is 5.47. The lowest BCUT2D eigenvalue weighted by molar-refractivity contribution is 0.373. The van der Waals surface area contributed by atoms with Crippen LogP contribution in [0.4, 0.5) is 5.82 Å². The van der Waals surface area contributed by atoms with Gasteiger partial charge in [-0.25, -0.2) is 4.98 Å². The largest absolute Gasteiger partial charge is 0.369 e. The lowest BCUT2D eigenvalue weighted by Gasteiger charge is -2.07. The van der Waals surface area contributed by atoms with Crippen molar-refractivity contribution < 1.29 is 4.52 Å². The van der Waals surface area contributed by atoms with Gasteiger partial charge in [0.15, 0.2) is 5.82 Å². The molecule has 0 aromatic carbocycles. The van der Waals surface area contributed by atoms with E-state index in [1.807, 2.05) is 26.8 Å². The van der Waals surface area contributed by atoms with Gasteiger partial charge in [-0.1, -0.05) is 19.0 Å². The number of aryl methyl sites for hydroxylation is 1. The maximum atomic E-state index is 5.21. The Balaban J connectivity index is 1.67. The average Bonchev–Trinajstić information content (AvgIpc) is 3.06. The van der Waals surface area contributed by atoms with E-state index in [9.17, 15) is 0 Å². The minimum atomic E-state index is 0.271. The molecular formula is C13H17N7O. The molecule has 0 saturated carbocycles. The van der Waals surface area contributed by atoms with E-state index in [1.54, 1.807) is 4.52 Å². The monoisotopic (exact) mass is 287 g/mol. The van der Waals surface area contributed by atoms with Crippen LogP contribution in [0, 0.1) is 6.92 Å². The van der Waals surface area contributed by atoms with Gasteiger partial charge < -0.3 is 9.84 Å². The lowest BCUT2D eigenvalue weighted by Crippen LogP contribution is -2.10. The summed E-state index contributed by atoms with van der Waals surface area (Å²) in [5.74, 6) is 3.07. The zero-order valence-corrected chi connectivity index (χ0v) is 12.2. The van der Waals surface area contributed by atoms with Crippen LogP contribution in [0.1, 0.15) is 37.2 Å². The van der Waals surface area contributed by atoms with Crippen LogP contribution in [-0.2, 0) is 6.42 Å². The maximum Gasteiger partial charge on any atom is 0.254 e. The fourth-order valence-electron chi connectivity index (χ4n) is 1.96. The van der Waals surface area contributed by atoms with Gasteiger partial charge in [0.25, 0.3) is 5.78 Å². The van der Waals surface area contributed by atoms with Crippen molar-refractivity contribution in [3.63, 3.8) is 0 Å². The van der Waals surface area contributed by atoms with E-state index in [1.165, 1.54) is 6.33 Å². The smallest absolute Gasteiger partial charge is 0.254 e. The van der Waals surface area contributed by atoms with Crippen LogP contribution >= 0.6 is 0 Å². The predicted molar refractivity (Wildman–Crippen MR) is 76.1 cm³/mol. The van der Waals surface area contributed by atoms with E-state index in [0.29, 0.717) is 24.6 Å². The standard InChI is InChI=1S/C13H17N7O/c1-8(2)12-18-11(21-19-12)4-5-14-10-6-9(3)17-13-15-7-16-20(10)13/h6-8,14H,4-5H2,1-3H3. The van der Waals surface area contributed by atoms with Gasteiger partial charge in [-0.3, -0.25) is 0 Å². The second-order valence-electron chi connectivity index (χ2n) is 5.13. The van der Waals surface area contributed by atoms with E-state index in [2.05, 4.69) is 30.5 Å². The van der Waals surface area contributed by atoms with Crippen molar-refractivity contribution >= 4 is 11.6 Å². The predicted octanol–water partition coefficient (Wildman–Crippen LogP) is 1.59. The number of hydrogen-bond donors (Lipinski definition) is 1. The van der Waals surface area contributed by atoms with Gasteiger partial charge in [0, 0.05) is 30.6 Å². The van der Waals surface area contributed by atoms with E-state index >= 15 is 0 Å². The van der Waals surface area contributed by atoms with Crippen LogP contribution in [0.15, 0.2) is 16.9 Å². The van der Waals surface area contributed by atoms with Crippen molar-refractivity contribution in [2.24, 2.45) is 0 Å². The van der Waals surface area contributed by atoms with Crippen LogP contribution in [0.3, 0.4) is 0 Å². The first-order valence-electron chi connectivity index (χ1n) is 6.87. The molecule has 0 aliphatic heterocycles. The molecule has 8 heteroatoms. The van der Waals surface area contributed by atoms with Gasteiger partial charge in [-0.15, -0.1) is 0 Å². The molecule has 0 bridgehead atoms. The van der Waals surface area contributed by atoms with Crippen LogP contribution in [-0.4, -0.2) is 36.3 Å². The summed E-state index contributed by atoms with van der Waals surface area (Å²) >= 11 is 0. The number of hydrogen-bond acceptors (Lipinski definition) is 7. The van der Waals surface area contributed by atoms with Crippen LogP contribution in [0.25, 0.3) is 5.78 Å². The number of anilines is 1. The molecule has 0 atom stereocenters. The van der Waals surface area contributed by atoms with Gasteiger partial charge in [0.1, 0.15) is 12.1 Å². The van der Waals surface area contributed by atoms with Crippen molar-refractivity contribution in [1.82, 2.24) is 29.7 Å². The minimum Gasteiger partial charge on any atom is -0.369 e. The Labute approximate surface area is 121 Å². The number of aromatic nitrogens is 6. The Morgan fingerprint density at radius 3 is 2.95 bits per heavy atom. The van der Waals surface area contributed by atoms with Crippen LogP contribution < -0.4 is 5.32 Å². The highest BCUT2D eigenvalue weighted by atomic mass is 16.5. The van der Waals surface area contributed by atoms with Gasteiger partial charge in [0.2, 0.25) is 5.89 Å². The molecule has 0 unspecified atom stereocenters. The number of nitrogens with zero attached hydrogens (tertiary/aromatic N) is 6. The zero-order chi connectivity index (χ0) is 14.8. The number of fused-ring (bicyclic) bond motifs is 1. The van der Waals surface area contributed by atoms with Crippen molar-refractivity contribution in [2.45, 2.75) is 33.1 Å². The molecule has 0 aliphatic carbocycles. The van der Waals surface area contributed by atoms with Crippen molar-refractivity contribution in [3.8, 4) is 0 Å². The van der Waals surface area contributed by atoms with Gasteiger partial charge in [0.05, 0.1) is 0 Å². The summed E-state index contributed by atoms with van der Waals surface area (Å²) in [6.07, 6.45) is 2.14. The molecule has 21 heavy (non-hydrogen) atoms. The average molecular weight is 287 g/mol. The summed E-state index contributed by atoms with van der Waals surface area (Å²) in [5, 5.41) is 11.4. The normalized spacial score (nSPS) is 11.4. The molecule has 0 saturated heterocycles.